The third-order valence-electron chi connectivity index (χ3n) is 4.77. The Hall–Kier alpha value is -0.470. The molecule has 1 aromatic carbocycles. The first-order chi connectivity index (χ1) is 9.36. The Kier molecular flexibility index (Phi) is 4.49. The molecule has 1 saturated carbocycles. The van der Waals surface area contributed by atoms with Crippen LogP contribution in [0.1, 0.15) is 55.7 Å². The topological polar surface area (TPSA) is 12.0 Å². The van der Waals surface area contributed by atoms with Gasteiger partial charge in [0.25, 0.3) is 0 Å². The van der Waals surface area contributed by atoms with Gasteiger partial charge in [-0.1, -0.05) is 30.7 Å². The van der Waals surface area contributed by atoms with E-state index in [1.54, 1.807) is 11.1 Å². The van der Waals surface area contributed by atoms with E-state index in [9.17, 15) is 0 Å². The summed E-state index contributed by atoms with van der Waals surface area (Å²) in [5.41, 5.74) is 3.14. The minimum absolute atomic E-state index is 0.607. The summed E-state index contributed by atoms with van der Waals surface area (Å²) >= 11 is 2.06. The molecule has 19 heavy (non-hydrogen) atoms. The monoisotopic (exact) mass is 275 g/mol. The van der Waals surface area contributed by atoms with Gasteiger partial charge in [0, 0.05) is 17.3 Å². The van der Waals surface area contributed by atoms with Crippen LogP contribution >= 0.6 is 11.8 Å². The van der Waals surface area contributed by atoms with Crippen molar-refractivity contribution in [3.05, 3.63) is 35.4 Å². The summed E-state index contributed by atoms with van der Waals surface area (Å²) in [6, 6.07) is 10.4. The highest BCUT2D eigenvalue weighted by Crippen LogP contribution is 2.33. The summed E-state index contributed by atoms with van der Waals surface area (Å²) in [4.78, 5) is 0. The van der Waals surface area contributed by atoms with E-state index < -0.39 is 0 Å². The number of thioether (sulfide) groups is 1. The minimum Gasteiger partial charge on any atom is -0.307 e. The molecule has 0 aliphatic heterocycles. The van der Waals surface area contributed by atoms with Gasteiger partial charge in [-0.05, 0) is 55.9 Å². The molecule has 2 aliphatic carbocycles. The second-order valence-electron chi connectivity index (χ2n) is 6.03. The lowest BCUT2D eigenvalue weighted by molar-refractivity contribution is 0.326. The first-order valence-corrected chi connectivity index (χ1v) is 9.02. The summed E-state index contributed by atoms with van der Waals surface area (Å²) in [6.45, 7) is 0. The Labute approximate surface area is 121 Å². The molecule has 2 aliphatic rings. The van der Waals surface area contributed by atoms with Crippen LogP contribution in [0.25, 0.3) is 0 Å². The van der Waals surface area contributed by atoms with Crippen molar-refractivity contribution in [1.29, 1.82) is 0 Å². The van der Waals surface area contributed by atoms with Gasteiger partial charge < -0.3 is 5.32 Å². The standard InChI is InChI=1S/C17H25NS/c1-19-15-9-5-8-14(12-15)18-17-11-4-7-13-6-2-3-10-16(13)17/h2-3,6,10,14-15,17-18H,4-5,7-9,11-12H2,1H3. The van der Waals surface area contributed by atoms with Crippen molar-refractivity contribution in [2.75, 3.05) is 6.26 Å². The van der Waals surface area contributed by atoms with Crippen LogP contribution in [-0.4, -0.2) is 17.5 Å². The van der Waals surface area contributed by atoms with Crippen LogP contribution in [-0.2, 0) is 6.42 Å². The Morgan fingerprint density at radius 2 is 2.00 bits per heavy atom. The molecule has 0 saturated heterocycles. The van der Waals surface area contributed by atoms with E-state index in [4.69, 9.17) is 0 Å². The van der Waals surface area contributed by atoms with Crippen molar-refractivity contribution >= 4 is 11.8 Å². The second-order valence-corrected chi connectivity index (χ2v) is 7.17. The van der Waals surface area contributed by atoms with Crippen LogP contribution in [0.15, 0.2) is 24.3 Å². The van der Waals surface area contributed by atoms with Gasteiger partial charge >= 0.3 is 0 Å². The van der Waals surface area contributed by atoms with E-state index in [2.05, 4.69) is 47.6 Å². The molecule has 3 atom stereocenters. The molecule has 0 radical (unpaired) electrons. The fourth-order valence-electron chi connectivity index (χ4n) is 3.72. The van der Waals surface area contributed by atoms with Crippen LogP contribution in [0.4, 0.5) is 0 Å². The lowest BCUT2D eigenvalue weighted by atomic mass is 9.86. The Balaban J connectivity index is 1.67. The summed E-state index contributed by atoms with van der Waals surface area (Å²) in [7, 11) is 0. The third-order valence-corrected chi connectivity index (χ3v) is 5.86. The average Bonchev–Trinajstić information content (AvgIpc) is 2.48. The van der Waals surface area contributed by atoms with Crippen LogP contribution < -0.4 is 5.32 Å². The number of hydrogen-bond donors (Lipinski definition) is 1. The van der Waals surface area contributed by atoms with Gasteiger partial charge in [-0.2, -0.15) is 11.8 Å². The fraction of sp³-hybridized carbons (Fsp3) is 0.647. The normalized spacial score (nSPS) is 30.9. The van der Waals surface area contributed by atoms with Gasteiger partial charge in [-0.3, -0.25) is 0 Å². The van der Waals surface area contributed by atoms with Gasteiger partial charge in [0.1, 0.15) is 0 Å². The van der Waals surface area contributed by atoms with Crippen LogP contribution in [0.5, 0.6) is 0 Å². The summed E-state index contributed by atoms with van der Waals surface area (Å²) < 4.78 is 0. The predicted octanol–water partition coefficient (Wildman–Crippen LogP) is 4.33. The summed E-state index contributed by atoms with van der Waals surface area (Å²) in [5, 5.41) is 4.84. The second kappa shape index (κ2) is 6.32. The van der Waals surface area contributed by atoms with Gasteiger partial charge in [-0.25, -0.2) is 0 Å². The largest absolute Gasteiger partial charge is 0.307 e. The van der Waals surface area contributed by atoms with Gasteiger partial charge in [0.05, 0.1) is 0 Å². The number of rotatable bonds is 3. The molecule has 1 aromatic rings. The van der Waals surface area contributed by atoms with E-state index in [0.717, 1.165) is 11.3 Å². The Morgan fingerprint density at radius 3 is 2.89 bits per heavy atom. The number of benzene rings is 1. The van der Waals surface area contributed by atoms with Crippen molar-refractivity contribution in [1.82, 2.24) is 5.32 Å². The molecule has 3 rings (SSSR count). The van der Waals surface area contributed by atoms with E-state index in [0.29, 0.717) is 6.04 Å². The van der Waals surface area contributed by atoms with Crippen LogP contribution in [0.3, 0.4) is 0 Å². The van der Waals surface area contributed by atoms with E-state index in [1.165, 1.54) is 44.9 Å². The zero-order valence-corrected chi connectivity index (χ0v) is 12.7. The lowest BCUT2D eigenvalue weighted by Crippen LogP contribution is -2.38. The average molecular weight is 275 g/mol. The molecule has 1 N–H and O–H groups in total. The van der Waals surface area contributed by atoms with E-state index >= 15 is 0 Å². The molecule has 0 aromatic heterocycles. The number of fused-ring (bicyclic) bond motifs is 1. The number of hydrogen-bond acceptors (Lipinski definition) is 2. The maximum Gasteiger partial charge on any atom is 0.0325 e. The zero-order chi connectivity index (χ0) is 13.1. The molecule has 0 heterocycles. The molecule has 104 valence electrons. The molecular formula is C17H25NS. The van der Waals surface area contributed by atoms with Gasteiger partial charge in [-0.15, -0.1) is 0 Å². The van der Waals surface area contributed by atoms with Crippen molar-refractivity contribution in [2.45, 2.75) is 62.3 Å². The smallest absolute Gasteiger partial charge is 0.0325 e. The van der Waals surface area contributed by atoms with Crippen LogP contribution in [0, 0.1) is 0 Å². The maximum absolute atomic E-state index is 3.96. The third kappa shape index (κ3) is 3.17. The van der Waals surface area contributed by atoms with Gasteiger partial charge in [0.15, 0.2) is 0 Å². The number of aryl methyl sites for hydroxylation is 1. The summed E-state index contributed by atoms with van der Waals surface area (Å²) in [6.07, 6.45) is 11.7. The summed E-state index contributed by atoms with van der Waals surface area (Å²) in [5.74, 6) is 0. The SMILES string of the molecule is CSC1CCCC(NC2CCCc3ccccc32)C1. The molecule has 0 amide bonds. The first-order valence-electron chi connectivity index (χ1n) is 7.73. The molecule has 1 fully saturated rings. The van der Waals surface area contributed by atoms with Crippen LogP contribution in [0.2, 0.25) is 0 Å². The highest BCUT2D eigenvalue weighted by atomic mass is 32.2. The van der Waals surface area contributed by atoms with Crippen molar-refractivity contribution < 1.29 is 0 Å². The van der Waals surface area contributed by atoms with Crippen molar-refractivity contribution in [3.63, 3.8) is 0 Å². The van der Waals surface area contributed by atoms with Crippen molar-refractivity contribution in [2.24, 2.45) is 0 Å². The molecule has 2 heteroatoms. The lowest BCUT2D eigenvalue weighted by Gasteiger charge is -2.34. The maximum atomic E-state index is 3.96. The zero-order valence-electron chi connectivity index (χ0n) is 11.9. The number of nitrogens with one attached hydrogen (secondary N) is 1. The fourth-order valence-corrected chi connectivity index (χ4v) is 4.55. The Morgan fingerprint density at radius 1 is 1.11 bits per heavy atom. The van der Waals surface area contributed by atoms with E-state index in [1.807, 2.05) is 0 Å². The Bertz CT molecular complexity index is 417. The molecule has 0 bridgehead atoms. The molecule has 0 spiro atoms. The first kappa shape index (κ1) is 13.5. The van der Waals surface area contributed by atoms with Crippen molar-refractivity contribution in [3.8, 4) is 0 Å². The van der Waals surface area contributed by atoms with Gasteiger partial charge in [0.2, 0.25) is 0 Å². The highest BCUT2D eigenvalue weighted by Gasteiger charge is 2.26. The molecular weight excluding hydrogens is 250 g/mol. The highest BCUT2D eigenvalue weighted by molar-refractivity contribution is 7.99. The minimum atomic E-state index is 0.607. The van der Waals surface area contributed by atoms with E-state index in [-0.39, 0.29) is 0 Å². The quantitative estimate of drug-likeness (QED) is 0.881. The molecule has 1 nitrogen and oxygen atoms in total. The molecule has 3 unspecified atom stereocenters. The predicted molar refractivity (Wildman–Crippen MR) is 84.8 cm³/mol.